The van der Waals surface area contributed by atoms with Crippen molar-refractivity contribution in [3.8, 4) is 5.75 Å². The van der Waals surface area contributed by atoms with Crippen molar-refractivity contribution in [1.29, 1.82) is 0 Å². The number of benzene rings is 2. The number of esters is 1. The second kappa shape index (κ2) is 9.45. The molecule has 1 heterocycles. The van der Waals surface area contributed by atoms with Crippen LogP contribution in [0.5, 0.6) is 5.75 Å². The van der Waals surface area contributed by atoms with E-state index >= 15 is 0 Å². The number of rotatable bonds is 7. The molecule has 0 saturated carbocycles. The number of hydrogen-bond donors (Lipinski definition) is 3. The maximum atomic E-state index is 12.3. The van der Waals surface area contributed by atoms with E-state index in [9.17, 15) is 23.1 Å². The summed E-state index contributed by atoms with van der Waals surface area (Å²) in [5.74, 6) is -1.93. The van der Waals surface area contributed by atoms with Gasteiger partial charge < -0.3 is 15.2 Å². The van der Waals surface area contributed by atoms with Gasteiger partial charge in [0.2, 0.25) is 0 Å². The molecule has 11 heteroatoms. The predicted molar refractivity (Wildman–Crippen MR) is 121 cm³/mol. The average molecular weight is 558 g/mol. The van der Waals surface area contributed by atoms with E-state index in [0.29, 0.717) is 5.69 Å². The van der Waals surface area contributed by atoms with Gasteiger partial charge in [0.25, 0.3) is 15.9 Å². The summed E-state index contributed by atoms with van der Waals surface area (Å²) < 4.78 is 32.9. The topological polar surface area (TPSA) is 122 Å². The van der Waals surface area contributed by atoms with E-state index in [1.54, 1.807) is 29.6 Å². The van der Waals surface area contributed by atoms with Crippen LogP contribution >= 0.6 is 33.9 Å². The van der Waals surface area contributed by atoms with Crippen LogP contribution < -0.4 is 10.0 Å². The highest BCUT2D eigenvalue weighted by atomic mass is 127. The fourth-order valence-corrected chi connectivity index (χ4v) is 4.94. The van der Waals surface area contributed by atoms with Crippen molar-refractivity contribution < 1.29 is 27.9 Å². The normalized spacial score (nSPS) is 11.0. The summed E-state index contributed by atoms with van der Waals surface area (Å²) >= 11 is 3.14. The summed E-state index contributed by atoms with van der Waals surface area (Å²) in [6.07, 6.45) is 0. The summed E-state index contributed by atoms with van der Waals surface area (Å²) in [5.41, 5.74) is 0.343. The quantitative estimate of drug-likeness (QED) is 0.231. The number of phenolic OH excluding ortho intramolecular Hbond substituents is 1. The van der Waals surface area contributed by atoms with Crippen LogP contribution in [0.1, 0.15) is 10.4 Å². The van der Waals surface area contributed by atoms with Crippen LogP contribution in [-0.2, 0) is 19.6 Å². The number of nitrogens with one attached hydrogen (secondary N) is 2. The lowest BCUT2D eigenvalue weighted by Gasteiger charge is -2.10. The Kier molecular flexibility index (Phi) is 6.95. The Balaban J connectivity index is 1.65. The van der Waals surface area contributed by atoms with E-state index in [0.717, 1.165) is 27.0 Å². The standard InChI is InChI=1S/C19H15IN2O6S2/c20-12-3-1-4-13(9-12)21-17(24)11-28-19(25)15-10-14(6-7-16(15)23)22-30(26,27)18-5-2-8-29-18/h1-10,22-23H,11H2,(H,21,24). The minimum atomic E-state index is -3.82. The first-order chi connectivity index (χ1) is 14.2. The monoisotopic (exact) mass is 558 g/mol. The Morgan fingerprint density at radius 2 is 1.87 bits per heavy atom. The minimum absolute atomic E-state index is 0.0662. The third kappa shape index (κ3) is 5.70. The van der Waals surface area contributed by atoms with E-state index in [2.05, 4.69) is 32.6 Å². The SMILES string of the molecule is O=C(COC(=O)c1cc(NS(=O)(=O)c2cccs2)ccc1O)Nc1cccc(I)c1. The first-order valence-corrected chi connectivity index (χ1v) is 11.8. The van der Waals surface area contributed by atoms with Crippen molar-refractivity contribution in [2.24, 2.45) is 0 Å². The molecule has 0 aliphatic carbocycles. The average Bonchev–Trinajstić information content (AvgIpc) is 3.23. The van der Waals surface area contributed by atoms with E-state index in [1.807, 2.05) is 6.07 Å². The number of aromatic hydroxyl groups is 1. The van der Waals surface area contributed by atoms with Crippen molar-refractivity contribution >= 4 is 67.2 Å². The van der Waals surface area contributed by atoms with E-state index in [-0.39, 0.29) is 15.5 Å². The van der Waals surface area contributed by atoms with Crippen molar-refractivity contribution in [1.82, 2.24) is 0 Å². The molecule has 0 spiro atoms. The first kappa shape index (κ1) is 22.1. The molecule has 2 aromatic carbocycles. The first-order valence-electron chi connectivity index (χ1n) is 8.36. The van der Waals surface area contributed by atoms with Gasteiger partial charge in [-0.3, -0.25) is 9.52 Å². The fraction of sp³-hybridized carbons (Fsp3) is 0.0526. The third-order valence-corrected chi connectivity index (χ3v) is 7.12. The lowest BCUT2D eigenvalue weighted by Crippen LogP contribution is -2.21. The van der Waals surface area contributed by atoms with Crippen molar-refractivity contribution in [2.75, 3.05) is 16.6 Å². The summed E-state index contributed by atoms with van der Waals surface area (Å²) in [7, 11) is -3.82. The number of halogens is 1. The lowest BCUT2D eigenvalue weighted by molar-refractivity contribution is -0.119. The Labute approximate surface area is 190 Å². The van der Waals surface area contributed by atoms with Crippen molar-refractivity contribution in [2.45, 2.75) is 4.21 Å². The van der Waals surface area contributed by atoms with Gasteiger partial charge in [0, 0.05) is 14.9 Å². The molecule has 0 fully saturated rings. The highest BCUT2D eigenvalue weighted by molar-refractivity contribution is 14.1. The molecular formula is C19H15IN2O6S2. The molecule has 0 radical (unpaired) electrons. The molecule has 3 aromatic rings. The fourth-order valence-electron chi connectivity index (χ4n) is 2.36. The van der Waals surface area contributed by atoms with E-state index in [1.165, 1.54) is 12.1 Å². The number of sulfonamides is 1. The second-order valence-corrected chi connectivity index (χ2v) is 10.0. The number of carbonyl (C=O) groups is 2. The minimum Gasteiger partial charge on any atom is -0.507 e. The summed E-state index contributed by atoms with van der Waals surface area (Å²) in [6, 6.07) is 13.7. The summed E-state index contributed by atoms with van der Waals surface area (Å²) in [6.45, 7) is -0.575. The van der Waals surface area contributed by atoms with Gasteiger partial charge >= 0.3 is 5.97 Å². The van der Waals surface area contributed by atoms with E-state index < -0.39 is 34.3 Å². The number of thiophene rings is 1. The van der Waals surface area contributed by atoms with Crippen LogP contribution in [0.4, 0.5) is 11.4 Å². The molecule has 1 amide bonds. The van der Waals surface area contributed by atoms with Gasteiger partial charge in [-0.25, -0.2) is 13.2 Å². The van der Waals surface area contributed by atoms with Crippen molar-refractivity contribution in [3.63, 3.8) is 0 Å². The number of ether oxygens (including phenoxy) is 1. The molecule has 1 aromatic heterocycles. The molecule has 0 saturated heterocycles. The number of carbonyl (C=O) groups excluding carboxylic acids is 2. The molecule has 0 atom stereocenters. The maximum Gasteiger partial charge on any atom is 0.342 e. The molecule has 0 aliphatic heterocycles. The van der Waals surface area contributed by atoms with Gasteiger partial charge in [-0.2, -0.15) is 0 Å². The number of phenols is 1. The van der Waals surface area contributed by atoms with Crippen LogP contribution in [0.25, 0.3) is 0 Å². The number of amides is 1. The molecule has 0 bridgehead atoms. The summed E-state index contributed by atoms with van der Waals surface area (Å²) in [4.78, 5) is 24.3. The van der Waals surface area contributed by atoms with E-state index in [4.69, 9.17) is 4.74 Å². The second-order valence-electron chi connectivity index (χ2n) is 5.90. The molecule has 3 N–H and O–H groups in total. The van der Waals surface area contributed by atoms with Gasteiger partial charge in [-0.05, 0) is 70.4 Å². The van der Waals surface area contributed by atoms with Crippen LogP contribution in [-0.4, -0.2) is 32.0 Å². The van der Waals surface area contributed by atoms with Gasteiger partial charge in [-0.1, -0.05) is 12.1 Å². The zero-order chi connectivity index (χ0) is 21.7. The van der Waals surface area contributed by atoms with Crippen LogP contribution in [0.2, 0.25) is 0 Å². The summed E-state index contributed by atoms with van der Waals surface area (Å²) in [5, 5.41) is 14.2. The number of hydrogen-bond acceptors (Lipinski definition) is 7. The van der Waals surface area contributed by atoms with Crippen LogP contribution in [0.3, 0.4) is 0 Å². The van der Waals surface area contributed by atoms with Crippen LogP contribution in [0, 0.1) is 3.57 Å². The third-order valence-electron chi connectivity index (χ3n) is 3.67. The molecular weight excluding hydrogens is 543 g/mol. The zero-order valence-electron chi connectivity index (χ0n) is 15.2. The van der Waals surface area contributed by atoms with Gasteiger partial charge in [0.15, 0.2) is 6.61 Å². The lowest BCUT2D eigenvalue weighted by atomic mass is 10.2. The van der Waals surface area contributed by atoms with Crippen molar-refractivity contribution in [3.05, 3.63) is 69.1 Å². The Bertz CT molecular complexity index is 1180. The van der Waals surface area contributed by atoms with Gasteiger partial charge in [0.1, 0.15) is 15.5 Å². The Morgan fingerprint density at radius 3 is 2.57 bits per heavy atom. The molecule has 3 rings (SSSR count). The maximum absolute atomic E-state index is 12.3. The van der Waals surface area contributed by atoms with Crippen LogP contribution in [0.15, 0.2) is 64.2 Å². The smallest absolute Gasteiger partial charge is 0.342 e. The van der Waals surface area contributed by atoms with Gasteiger partial charge in [0.05, 0.1) is 0 Å². The van der Waals surface area contributed by atoms with Gasteiger partial charge in [-0.15, -0.1) is 11.3 Å². The molecule has 0 aliphatic rings. The molecule has 8 nitrogen and oxygen atoms in total. The molecule has 30 heavy (non-hydrogen) atoms. The number of anilines is 2. The highest BCUT2D eigenvalue weighted by Crippen LogP contribution is 2.25. The Morgan fingerprint density at radius 1 is 1.07 bits per heavy atom. The predicted octanol–water partition coefficient (Wildman–Crippen LogP) is 3.65. The molecule has 0 unspecified atom stereocenters. The highest BCUT2D eigenvalue weighted by Gasteiger charge is 2.19. The Hall–Kier alpha value is -2.64. The largest absolute Gasteiger partial charge is 0.507 e. The molecule has 156 valence electrons. The zero-order valence-corrected chi connectivity index (χ0v) is 19.0.